The van der Waals surface area contributed by atoms with Crippen LogP contribution in [0.1, 0.15) is 27.4 Å². The Balaban J connectivity index is 1.59. The van der Waals surface area contributed by atoms with Gasteiger partial charge < -0.3 is 10.2 Å². The SMILES string of the molecule is Nc1ccccc1CC(=O)/C=C/c1ccc(CC(=O)c2ccccc2)o1. The molecular formula is C22H19NO3. The summed E-state index contributed by atoms with van der Waals surface area (Å²) in [4.78, 5) is 24.3. The van der Waals surface area contributed by atoms with Gasteiger partial charge in [0.2, 0.25) is 0 Å². The molecule has 1 heterocycles. The summed E-state index contributed by atoms with van der Waals surface area (Å²) < 4.78 is 5.62. The Bertz CT molecular complexity index is 939. The molecule has 4 nitrogen and oxygen atoms in total. The molecule has 3 rings (SSSR count). The molecule has 3 aromatic rings. The molecule has 0 unspecified atom stereocenters. The molecule has 0 saturated heterocycles. The first-order valence-electron chi connectivity index (χ1n) is 8.33. The molecule has 0 amide bonds. The van der Waals surface area contributed by atoms with Gasteiger partial charge in [-0.3, -0.25) is 9.59 Å². The summed E-state index contributed by atoms with van der Waals surface area (Å²) in [5, 5.41) is 0. The number of nitrogens with two attached hydrogens (primary N) is 1. The number of rotatable bonds is 7. The van der Waals surface area contributed by atoms with E-state index in [4.69, 9.17) is 10.2 Å². The third-order valence-corrected chi connectivity index (χ3v) is 3.97. The van der Waals surface area contributed by atoms with E-state index >= 15 is 0 Å². The lowest BCUT2D eigenvalue weighted by Crippen LogP contribution is -2.02. The number of benzene rings is 2. The number of carbonyl (C=O) groups is 2. The molecule has 0 spiro atoms. The summed E-state index contributed by atoms with van der Waals surface area (Å²) in [6, 6.07) is 19.9. The maximum atomic E-state index is 12.2. The minimum atomic E-state index is -0.0683. The van der Waals surface area contributed by atoms with Crippen LogP contribution < -0.4 is 5.73 Å². The zero-order valence-corrected chi connectivity index (χ0v) is 14.2. The molecule has 0 bridgehead atoms. The highest BCUT2D eigenvalue weighted by atomic mass is 16.3. The highest BCUT2D eigenvalue weighted by Gasteiger charge is 2.09. The fourth-order valence-corrected chi connectivity index (χ4v) is 2.58. The molecule has 0 aliphatic rings. The van der Waals surface area contributed by atoms with Crippen molar-refractivity contribution < 1.29 is 14.0 Å². The summed E-state index contributed by atoms with van der Waals surface area (Å²) in [6.45, 7) is 0. The highest BCUT2D eigenvalue weighted by Crippen LogP contribution is 2.15. The second-order valence-electron chi connectivity index (χ2n) is 5.95. The number of carbonyl (C=O) groups excluding carboxylic acids is 2. The van der Waals surface area contributed by atoms with Crippen LogP contribution in [0, 0.1) is 0 Å². The molecule has 0 atom stereocenters. The standard InChI is InChI=1S/C22H19NO3/c23-21-9-5-4-8-17(21)14-18(24)10-11-19-12-13-20(26-19)15-22(25)16-6-2-1-3-7-16/h1-13H,14-15,23H2/b11-10+. The topological polar surface area (TPSA) is 73.3 Å². The smallest absolute Gasteiger partial charge is 0.170 e. The minimum absolute atomic E-state index is 0.00823. The van der Waals surface area contributed by atoms with E-state index in [2.05, 4.69) is 0 Å². The van der Waals surface area contributed by atoms with E-state index in [-0.39, 0.29) is 24.4 Å². The van der Waals surface area contributed by atoms with Crippen LogP contribution in [0.25, 0.3) is 6.08 Å². The van der Waals surface area contributed by atoms with Crippen molar-refractivity contribution in [1.82, 2.24) is 0 Å². The largest absolute Gasteiger partial charge is 0.461 e. The fourth-order valence-electron chi connectivity index (χ4n) is 2.58. The summed E-state index contributed by atoms with van der Waals surface area (Å²) in [6.07, 6.45) is 3.50. The Morgan fingerprint density at radius 3 is 2.38 bits per heavy atom. The van der Waals surface area contributed by atoms with Crippen LogP contribution in [0.3, 0.4) is 0 Å². The summed E-state index contributed by atoms with van der Waals surface area (Å²) >= 11 is 0. The van der Waals surface area contributed by atoms with Crippen molar-refractivity contribution in [2.45, 2.75) is 12.8 Å². The van der Waals surface area contributed by atoms with Gasteiger partial charge in [-0.25, -0.2) is 0 Å². The molecule has 0 aliphatic carbocycles. The molecular weight excluding hydrogens is 326 g/mol. The molecule has 0 fully saturated rings. The van der Waals surface area contributed by atoms with E-state index in [1.54, 1.807) is 36.4 Å². The van der Waals surface area contributed by atoms with Gasteiger partial charge >= 0.3 is 0 Å². The first-order valence-corrected chi connectivity index (χ1v) is 8.33. The van der Waals surface area contributed by atoms with E-state index in [0.717, 1.165) is 5.56 Å². The normalized spacial score (nSPS) is 10.9. The van der Waals surface area contributed by atoms with Crippen LogP contribution in [-0.4, -0.2) is 11.6 Å². The van der Waals surface area contributed by atoms with Gasteiger partial charge in [0.1, 0.15) is 11.5 Å². The Labute approximate surface area is 152 Å². The maximum absolute atomic E-state index is 12.2. The molecule has 2 N–H and O–H groups in total. The zero-order chi connectivity index (χ0) is 18.4. The number of allylic oxidation sites excluding steroid dienone is 1. The molecule has 2 aromatic carbocycles. The average molecular weight is 345 g/mol. The highest BCUT2D eigenvalue weighted by molar-refractivity contribution is 5.97. The molecule has 130 valence electrons. The first-order chi connectivity index (χ1) is 12.6. The van der Waals surface area contributed by atoms with Crippen molar-refractivity contribution in [2.75, 3.05) is 5.73 Å². The van der Waals surface area contributed by atoms with Crippen LogP contribution in [0.4, 0.5) is 5.69 Å². The van der Waals surface area contributed by atoms with Crippen molar-refractivity contribution in [3.63, 3.8) is 0 Å². The van der Waals surface area contributed by atoms with Gasteiger partial charge in [-0.1, -0.05) is 48.5 Å². The van der Waals surface area contributed by atoms with Crippen molar-refractivity contribution in [3.8, 4) is 0 Å². The molecule has 1 aromatic heterocycles. The summed E-state index contributed by atoms with van der Waals surface area (Å²) in [5.74, 6) is 1.03. The number of nitrogen functional groups attached to an aromatic ring is 1. The minimum Gasteiger partial charge on any atom is -0.461 e. The zero-order valence-electron chi connectivity index (χ0n) is 14.2. The van der Waals surface area contributed by atoms with E-state index in [1.165, 1.54) is 6.08 Å². The lowest BCUT2D eigenvalue weighted by Gasteiger charge is -2.01. The van der Waals surface area contributed by atoms with E-state index in [9.17, 15) is 9.59 Å². The Morgan fingerprint density at radius 2 is 1.62 bits per heavy atom. The maximum Gasteiger partial charge on any atom is 0.170 e. The van der Waals surface area contributed by atoms with Gasteiger partial charge in [0, 0.05) is 17.7 Å². The second kappa shape index (κ2) is 8.12. The molecule has 4 heteroatoms. The van der Waals surface area contributed by atoms with Gasteiger partial charge in [-0.2, -0.15) is 0 Å². The number of ketones is 2. The van der Waals surface area contributed by atoms with Crippen LogP contribution in [0.5, 0.6) is 0 Å². The van der Waals surface area contributed by atoms with E-state index in [0.29, 0.717) is 22.8 Å². The van der Waals surface area contributed by atoms with Gasteiger partial charge in [0.05, 0.1) is 6.42 Å². The van der Waals surface area contributed by atoms with Gasteiger partial charge in [0.15, 0.2) is 11.6 Å². The number of hydrogen-bond acceptors (Lipinski definition) is 4. The summed E-state index contributed by atoms with van der Waals surface area (Å²) in [7, 11) is 0. The van der Waals surface area contributed by atoms with Crippen LogP contribution in [0.2, 0.25) is 0 Å². The molecule has 26 heavy (non-hydrogen) atoms. The lowest BCUT2D eigenvalue weighted by molar-refractivity contribution is -0.113. The third-order valence-electron chi connectivity index (χ3n) is 3.97. The van der Waals surface area contributed by atoms with E-state index in [1.807, 2.05) is 36.4 Å². The average Bonchev–Trinajstić information content (AvgIpc) is 3.10. The van der Waals surface area contributed by atoms with Crippen molar-refractivity contribution in [1.29, 1.82) is 0 Å². The monoisotopic (exact) mass is 345 g/mol. The van der Waals surface area contributed by atoms with Gasteiger partial charge in [-0.05, 0) is 35.9 Å². The predicted octanol–water partition coefficient (Wildman–Crippen LogP) is 4.11. The van der Waals surface area contributed by atoms with Crippen LogP contribution in [0.15, 0.2) is 77.2 Å². The lowest BCUT2D eigenvalue weighted by atomic mass is 10.1. The number of hydrogen-bond donors (Lipinski definition) is 1. The molecule has 0 saturated carbocycles. The third kappa shape index (κ3) is 4.57. The van der Waals surface area contributed by atoms with Crippen molar-refractivity contribution >= 4 is 23.3 Å². The second-order valence-corrected chi connectivity index (χ2v) is 5.95. The van der Waals surface area contributed by atoms with Crippen LogP contribution >= 0.6 is 0 Å². The van der Waals surface area contributed by atoms with Crippen molar-refractivity contribution in [3.05, 3.63) is 95.5 Å². The molecule has 0 aliphatic heterocycles. The fraction of sp³-hybridized carbons (Fsp3) is 0.0909. The number of anilines is 1. The van der Waals surface area contributed by atoms with Crippen LogP contribution in [-0.2, 0) is 17.6 Å². The number of furan rings is 1. The number of para-hydroxylation sites is 1. The number of Topliss-reactive ketones (excluding diaryl/α,β-unsaturated/α-hetero) is 1. The Morgan fingerprint density at radius 1 is 0.885 bits per heavy atom. The molecule has 0 radical (unpaired) electrons. The summed E-state index contributed by atoms with van der Waals surface area (Å²) in [5.41, 5.74) is 7.90. The van der Waals surface area contributed by atoms with Gasteiger partial charge in [0.25, 0.3) is 0 Å². The quantitative estimate of drug-likeness (QED) is 0.397. The Hall–Kier alpha value is -3.40. The van der Waals surface area contributed by atoms with E-state index < -0.39 is 0 Å². The first kappa shape index (κ1) is 17.4. The van der Waals surface area contributed by atoms with Gasteiger partial charge in [-0.15, -0.1) is 0 Å². The predicted molar refractivity (Wildman–Crippen MR) is 102 cm³/mol. The van der Waals surface area contributed by atoms with Crippen molar-refractivity contribution in [2.24, 2.45) is 0 Å². The Kier molecular flexibility index (Phi) is 5.44.